The normalized spacial score (nSPS) is 24.7. The van der Waals surface area contributed by atoms with Crippen molar-refractivity contribution in [3.63, 3.8) is 0 Å². The molecule has 0 aromatic heterocycles. The molecule has 1 aliphatic heterocycles. The first-order chi connectivity index (χ1) is 5.74. The Morgan fingerprint density at radius 1 is 1.75 bits per heavy atom. The Morgan fingerprint density at radius 3 is 3.08 bits per heavy atom. The lowest BCUT2D eigenvalue weighted by Crippen LogP contribution is -2.37. The van der Waals surface area contributed by atoms with E-state index in [0.717, 1.165) is 17.6 Å². The number of nitrogens with one attached hydrogen (secondary N) is 1. The van der Waals surface area contributed by atoms with Crippen LogP contribution in [-0.4, -0.2) is 37.6 Å². The van der Waals surface area contributed by atoms with E-state index in [0.29, 0.717) is 6.04 Å². The van der Waals surface area contributed by atoms with Gasteiger partial charge in [-0.2, -0.15) is 0 Å². The van der Waals surface area contributed by atoms with Crippen LogP contribution in [0, 0.1) is 0 Å². The smallest absolute Gasteiger partial charge is 0.0297 e. The second-order valence-corrected chi connectivity index (χ2v) is 4.46. The fourth-order valence-corrected chi connectivity index (χ4v) is 2.11. The molecule has 0 amide bonds. The predicted molar refractivity (Wildman–Crippen MR) is 56.6 cm³/mol. The van der Waals surface area contributed by atoms with E-state index in [1.165, 1.54) is 19.4 Å². The largest absolute Gasteiger partial charge is 0.318 e. The van der Waals surface area contributed by atoms with Crippen LogP contribution in [0.3, 0.4) is 0 Å². The van der Waals surface area contributed by atoms with Gasteiger partial charge in [0.15, 0.2) is 0 Å². The lowest BCUT2D eigenvalue weighted by molar-refractivity contribution is 0.275. The van der Waals surface area contributed by atoms with Crippen molar-refractivity contribution >= 4 is 15.9 Å². The van der Waals surface area contributed by atoms with E-state index in [2.05, 4.69) is 32.7 Å². The van der Waals surface area contributed by atoms with Crippen molar-refractivity contribution in [3.8, 4) is 0 Å². The molecule has 0 spiro atoms. The highest BCUT2D eigenvalue weighted by Gasteiger charge is 2.23. The molecule has 1 heterocycles. The predicted octanol–water partition coefficient (Wildman–Crippen LogP) is 1.58. The quantitative estimate of drug-likeness (QED) is 0.793. The van der Waals surface area contributed by atoms with Gasteiger partial charge < -0.3 is 5.32 Å². The van der Waals surface area contributed by atoms with Gasteiger partial charge in [-0.05, 0) is 26.4 Å². The molecule has 1 fully saturated rings. The summed E-state index contributed by atoms with van der Waals surface area (Å²) >= 11 is 3.41. The van der Waals surface area contributed by atoms with E-state index in [9.17, 15) is 0 Å². The Morgan fingerprint density at radius 2 is 2.50 bits per heavy atom. The van der Waals surface area contributed by atoms with Crippen LogP contribution in [0.1, 0.15) is 12.8 Å². The van der Waals surface area contributed by atoms with Crippen LogP contribution in [0.2, 0.25) is 0 Å². The van der Waals surface area contributed by atoms with Crippen molar-refractivity contribution in [1.29, 1.82) is 0 Å². The van der Waals surface area contributed by atoms with Gasteiger partial charge in [0.05, 0.1) is 0 Å². The van der Waals surface area contributed by atoms with Crippen molar-refractivity contribution in [1.82, 2.24) is 10.2 Å². The number of likely N-dealkylation sites (tertiary alicyclic amines) is 1. The van der Waals surface area contributed by atoms with Gasteiger partial charge in [0, 0.05) is 23.6 Å². The van der Waals surface area contributed by atoms with E-state index < -0.39 is 0 Å². The summed E-state index contributed by atoms with van der Waals surface area (Å²) in [6, 6.07) is 0.712. The minimum absolute atomic E-state index is 0.712. The van der Waals surface area contributed by atoms with Crippen LogP contribution < -0.4 is 5.32 Å². The molecule has 1 aliphatic rings. The summed E-state index contributed by atoms with van der Waals surface area (Å²) in [6.45, 7) is 7.18. The second-order valence-electron chi connectivity index (χ2n) is 3.34. The van der Waals surface area contributed by atoms with Gasteiger partial charge in [0.2, 0.25) is 0 Å². The van der Waals surface area contributed by atoms with E-state index in [4.69, 9.17) is 0 Å². The van der Waals surface area contributed by atoms with E-state index in [1.807, 2.05) is 7.05 Å². The highest BCUT2D eigenvalue weighted by atomic mass is 79.9. The summed E-state index contributed by atoms with van der Waals surface area (Å²) in [5.41, 5.74) is 0. The third-order valence-corrected chi connectivity index (χ3v) is 2.56. The number of nitrogens with zero attached hydrogens (tertiary/aromatic N) is 1. The molecule has 70 valence electrons. The standard InChI is InChI=1S/C9H17BrN2/c1-8(10)7-12-5-3-4-9(12)6-11-2/h9,11H,1,3-7H2,2H3. The number of halogens is 1. The molecular formula is C9H17BrN2. The van der Waals surface area contributed by atoms with Crippen LogP contribution in [0.5, 0.6) is 0 Å². The summed E-state index contributed by atoms with van der Waals surface area (Å²) in [6.07, 6.45) is 2.65. The van der Waals surface area contributed by atoms with E-state index >= 15 is 0 Å². The fraction of sp³-hybridized carbons (Fsp3) is 0.778. The highest BCUT2D eigenvalue weighted by molar-refractivity contribution is 9.11. The van der Waals surface area contributed by atoms with Crippen LogP contribution in [0.25, 0.3) is 0 Å². The Bertz CT molecular complexity index is 159. The number of rotatable bonds is 4. The third kappa shape index (κ3) is 2.88. The average Bonchev–Trinajstić information content (AvgIpc) is 2.37. The SMILES string of the molecule is C=C(Br)CN1CCCC1CNC. The first-order valence-corrected chi connectivity index (χ1v) is 5.25. The summed E-state index contributed by atoms with van der Waals surface area (Å²) in [4.78, 5) is 2.48. The molecule has 3 heteroatoms. The molecule has 0 aromatic carbocycles. The maximum atomic E-state index is 3.87. The molecule has 0 aromatic rings. The maximum absolute atomic E-state index is 3.87. The fourth-order valence-electron chi connectivity index (χ4n) is 1.79. The second kappa shape index (κ2) is 5.00. The van der Waals surface area contributed by atoms with Crippen LogP contribution >= 0.6 is 15.9 Å². The maximum Gasteiger partial charge on any atom is 0.0297 e. The van der Waals surface area contributed by atoms with E-state index in [-0.39, 0.29) is 0 Å². The van der Waals surface area contributed by atoms with Crippen LogP contribution in [0.4, 0.5) is 0 Å². The zero-order chi connectivity index (χ0) is 8.97. The molecule has 0 radical (unpaired) electrons. The van der Waals surface area contributed by atoms with Crippen molar-refractivity contribution in [3.05, 3.63) is 11.1 Å². The van der Waals surface area contributed by atoms with Crippen LogP contribution in [0.15, 0.2) is 11.1 Å². The Balaban J connectivity index is 2.35. The molecule has 1 N–H and O–H groups in total. The molecule has 0 aliphatic carbocycles. The molecular weight excluding hydrogens is 216 g/mol. The Kier molecular flexibility index (Phi) is 4.26. The van der Waals surface area contributed by atoms with Gasteiger partial charge in [-0.1, -0.05) is 22.5 Å². The van der Waals surface area contributed by atoms with Gasteiger partial charge in [-0.25, -0.2) is 0 Å². The van der Waals surface area contributed by atoms with Gasteiger partial charge >= 0.3 is 0 Å². The molecule has 1 rings (SSSR count). The minimum atomic E-state index is 0.712. The number of likely N-dealkylation sites (N-methyl/N-ethyl adjacent to an activating group) is 1. The minimum Gasteiger partial charge on any atom is -0.318 e. The first kappa shape index (κ1) is 10.2. The number of hydrogen-bond donors (Lipinski definition) is 1. The van der Waals surface area contributed by atoms with Crippen molar-refractivity contribution in [2.75, 3.05) is 26.7 Å². The van der Waals surface area contributed by atoms with Gasteiger partial charge in [0.25, 0.3) is 0 Å². The number of hydrogen-bond acceptors (Lipinski definition) is 2. The first-order valence-electron chi connectivity index (χ1n) is 4.46. The van der Waals surface area contributed by atoms with Crippen LogP contribution in [-0.2, 0) is 0 Å². The molecule has 0 saturated carbocycles. The van der Waals surface area contributed by atoms with Gasteiger partial charge in [0.1, 0.15) is 0 Å². The monoisotopic (exact) mass is 232 g/mol. The molecule has 2 nitrogen and oxygen atoms in total. The molecule has 1 atom stereocenters. The van der Waals surface area contributed by atoms with Gasteiger partial charge in [-0.15, -0.1) is 0 Å². The third-order valence-electron chi connectivity index (χ3n) is 2.31. The summed E-state index contributed by atoms with van der Waals surface area (Å²) in [7, 11) is 2.01. The molecule has 1 saturated heterocycles. The zero-order valence-electron chi connectivity index (χ0n) is 7.65. The van der Waals surface area contributed by atoms with Gasteiger partial charge in [-0.3, -0.25) is 4.90 Å². The summed E-state index contributed by atoms with van der Waals surface area (Å²) in [5.74, 6) is 0. The lowest BCUT2D eigenvalue weighted by Gasteiger charge is -2.23. The Labute approximate surface area is 83.1 Å². The molecule has 12 heavy (non-hydrogen) atoms. The highest BCUT2D eigenvalue weighted by Crippen LogP contribution is 2.18. The van der Waals surface area contributed by atoms with Crippen molar-refractivity contribution < 1.29 is 0 Å². The topological polar surface area (TPSA) is 15.3 Å². The Hall–Kier alpha value is 0.140. The molecule has 1 unspecified atom stereocenters. The van der Waals surface area contributed by atoms with Crippen molar-refractivity contribution in [2.24, 2.45) is 0 Å². The lowest BCUT2D eigenvalue weighted by atomic mass is 10.2. The average molecular weight is 233 g/mol. The molecule has 0 bridgehead atoms. The summed E-state index contributed by atoms with van der Waals surface area (Å²) < 4.78 is 1.09. The zero-order valence-corrected chi connectivity index (χ0v) is 9.23. The summed E-state index contributed by atoms with van der Waals surface area (Å²) in [5, 5.41) is 3.23. The van der Waals surface area contributed by atoms with Crippen molar-refractivity contribution in [2.45, 2.75) is 18.9 Å². The van der Waals surface area contributed by atoms with E-state index in [1.54, 1.807) is 0 Å².